The molecule has 114 valence electrons. The fourth-order valence-electron chi connectivity index (χ4n) is 3.64. The van der Waals surface area contributed by atoms with E-state index in [9.17, 15) is 9.59 Å². The lowest BCUT2D eigenvalue weighted by molar-refractivity contribution is -0.154. The number of nitrogens with one attached hydrogen (secondary N) is 1. The van der Waals surface area contributed by atoms with Gasteiger partial charge in [-0.05, 0) is 38.5 Å². The minimum absolute atomic E-state index is 0.0444. The highest BCUT2D eigenvalue weighted by Gasteiger charge is 2.44. The molecule has 2 amide bonds. The first-order valence-corrected chi connectivity index (χ1v) is 8.22. The van der Waals surface area contributed by atoms with Crippen LogP contribution in [0.2, 0.25) is 0 Å². The summed E-state index contributed by atoms with van der Waals surface area (Å²) in [4.78, 5) is 27.1. The summed E-state index contributed by atoms with van der Waals surface area (Å²) in [6.45, 7) is 6.11. The van der Waals surface area contributed by atoms with Crippen molar-refractivity contribution in [2.45, 2.75) is 83.8 Å². The van der Waals surface area contributed by atoms with E-state index in [1.54, 1.807) is 0 Å². The molecule has 4 heteroatoms. The Morgan fingerprint density at radius 2 is 1.85 bits per heavy atom. The molecular weight excluding hydrogens is 252 g/mol. The lowest BCUT2D eigenvalue weighted by Gasteiger charge is -2.44. The minimum atomic E-state index is -0.280. The first kappa shape index (κ1) is 15.3. The second-order valence-corrected chi connectivity index (χ2v) is 6.31. The van der Waals surface area contributed by atoms with Gasteiger partial charge in [0.2, 0.25) is 11.8 Å². The lowest BCUT2D eigenvalue weighted by Crippen LogP contribution is -2.66. The van der Waals surface area contributed by atoms with E-state index in [4.69, 9.17) is 0 Å². The first-order valence-electron chi connectivity index (χ1n) is 8.22. The molecule has 2 aliphatic rings. The summed E-state index contributed by atoms with van der Waals surface area (Å²) >= 11 is 0. The number of hydrogen-bond acceptors (Lipinski definition) is 2. The minimum Gasteiger partial charge on any atom is -0.342 e. The van der Waals surface area contributed by atoms with Gasteiger partial charge in [-0.3, -0.25) is 9.59 Å². The Bertz CT molecular complexity index is 363. The van der Waals surface area contributed by atoms with Crippen LogP contribution >= 0.6 is 0 Å². The van der Waals surface area contributed by atoms with Gasteiger partial charge in [0.05, 0.1) is 0 Å². The van der Waals surface area contributed by atoms with Crippen LogP contribution in [0.4, 0.5) is 0 Å². The molecule has 0 radical (unpaired) electrons. The van der Waals surface area contributed by atoms with Gasteiger partial charge in [0.1, 0.15) is 12.1 Å². The molecule has 1 heterocycles. The van der Waals surface area contributed by atoms with Gasteiger partial charge in [0.25, 0.3) is 0 Å². The third-order valence-corrected chi connectivity index (χ3v) is 5.03. The van der Waals surface area contributed by atoms with Crippen molar-refractivity contribution in [1.82, 2.24) is 10.2 Å². The topological polar surface area (TPSA) is 49.4 Å². The lowest BCUT2D eigenvalue weighted by atomic mass is 9.81. The zero-order valence-corrected chi connectivity index (χ0v) is 13.0. The predicted octanol–water partition coefficient (Wildman–Crippen LogP) is 2.47. The van der Waals surface area contributed by atoms with E-state index in [0.717, 1.165) is 19.3 Å². The number of nitrogens with zero attached hydrogens (tertiary/aromatic N) is 1. The van der Waals surface area contributed by atoms with Gasteiger partial charge in [-0.1, -0.05) is 33.1 Å². The number of amides is 2. The number of hydrogen-bond donors (Lipinski definition) is 1. The first-order chi connectivity index (χ1) is 9.60. The van der Waals surface area contributed by atoms with Crippen molar-refractivity contribution >= 4 is 11.8 Å². The number of carbonyl (C=O) groups is 2. The van der Waals surface area contributed by atoms with Crippen molar-refractivity contribution in [1.29, 1.82) is 0 Å². The van der Waals surface area contributed by atoms with Crippen molar-refractivity contribution in [2.24, 2.45) is 5.92 Å². The van der Waals surface area contributed by atoms with Crippen LogP contribution in [-0.4, -0.2) is 34.8 Å². The maximum atomic E-state index is 12.9. The number of rotatable bonds is 4. The van der Waals surface area contributed by atoms with E-state index >= 15 is 0 Å². The van der Waals surface area contributed by atoms with Crippen molar-refractivity contribution in [3.63, 3.8) is 0 Å². The van der Waals surface area contributed by atoms with Gasteiger partial charge in [-0.2, -0.15) is 0 Å². The molecular formula is C16H28N2O2. The van der Waals surface area contributed by atoms with Gasteiger partial charge in [-0.15, -0.1) is 0 Å². The molecule has 4 nitrogen and oxygen atoms in total. The molecule has 3 unspecified atom stereocenters. The van der Waals surface area contributed by atoms with E-state index in [1.807, 2.05) is 11.8 Å². The van der Waals surface area contributed by atoms with E-state index in [1.165, 1.54) is 19.3 Å². The van der Waals surface area contributed by atoms with Gasteiger partial charge < -0.3 is 10.2 Å². The molecule has 0 aromatic heterocycles. The van der Waals surface area contributed by atoms with E-state index in [-0.39, 0.29) is 29.9 Å². The second-order valence-electron chi connectivity index (χ2n) is 6.31. The van der Waals surface area contributed by atoms with Crippen LogP contribution in [-0.2, 0) is 9.59 Å². The zero-order chi connectivity index (χ0) is 14.7. The normalized spacial score (nSPS) is 30.2. The van der Waals surface area contributed by atoms with Crippen LogP contribution in [0.3, 0.4) is 0 Å². The largest absolute Gasteiger partial charge is 0.342 e. The molecule has 1 aliphatic heterocycles. The molecule has 0 aromatic carbocycles. The van der Waals surface area contributed by atoms with E-state index in [2.05, 4.69) is 19.2 Å². The number of piperazine rings is 1. The molecule has 0 spiro atoms. The SMILES string of the molecule is CCC(C)N1C(=O)C(C2CCCCC2)NC(=O)C1CC. The molecule has 0 bridgehead atoms. The highest BCUT2D eigenvalue weighted by molar-refractivity contribution is 5.97. The van der Waals surface area contributed by atoms with Crippen LogP contribution in [0, 0.1) is 5.92 Å². The highest BCUT2D eigenvalue weighted by Crippen LogP contribution is 2.30. The van der Waals surface area contributed by atoms with Crippen molar-refractivity contribution in [3.05, 3.63) is 0 Å². The summed E-state index contributed by atoms with van der Waals surface area (Å²) in [5.41, 5.74) is 0. The maximum Gasteiger partial charge on any atom is 0.246 e. The van der Waals surface area contributed by atoms with Gasteiger partial charge >= 0.3 is 0 Å². The third kappa shape index (κ3) is 2.84. The van der Waals surface area contributed by atoms with Gasteiger partial charge in [0.15, 0.2) is 0 Å². The Balaban J connectivity index is 2.19. The predicted molar refractivity (Wildman–Crippen MR) is 79.2 cm³/mol. The molecule has 20 heavy (non-hydrogen) atoms. The van der Waals surface area contributed by atoms with E-state index < -0.39 is 0 Å². The Labute approximate surface area is 122 Å². The van der Waals surface area contributed by atoms with Crippen LogP contribution in [0.1, 0.15) is 65.7 Å². The Morgan fingerprint density at radius 3 is 2.40 bits per heavy atom. The van der Waals surface area contributed by atoms with Crippen molar-refractivity contribution < 1.29 is 9.59 Å². The fraction of sp³-hybridized carbons (Fsp3) is 0.875. The molecule has 0 aromatic rings. The molecule has 3 atom stereocenters. The third-order valence-electron chi connectivity index (χ3n) is 5.03. The standard InChI is InChI=1S/C16H28N2O2/c1-4-11(3)18-13(5-2)15(19)17-14(16(18)20)12-9-7-6-8-10-12/h11-14H,4-10H2,1-3H3,(H,17,19). The molecule has 2 rings (SSSR count). The van der Waals surface area contributed by atoms with Crippen LogP contribution in [0.15, 0.2) is 0 Å². The quantitative estimate of drug-likeness (QED) is 0.860. The molecule has 1 N–H and O–H groups in total. The summed E-state index contributed by atoms with van der Waals surface area (Å²) in [6.07, 6.45) is 7.36. The summed E-state index contributed by atoms with van der Waals surface area (Å²) in [6, 6.07) is -0.415. The van der Waals surface area contributed by atoms with E-state index in [0.29, 0.717) is 12.3 Å². The summed E-state index contributed by atoms with van der Waals surface area (Å²) < 4.78 is 0. The fourth-order valence-corrected chi connectivity index (χ4v) is 3.64. The second kappa shape index (κ2) is 6.59. The molecule has 1 saturated carbocycles. The van der Waals surface area contributed by atoms with Crippen LogP contribution < -0.4 is 5.32 Å². The summed E-state index contributed by atoms with van der Waals surface area (Å²) in [7, 11) is 0. The smallest absolute Gasteiger partial charge is 0.246 e. The molecule has 1 aliphatic carbocycles. The molecule has 2 fully saturated rings. The van der Waals surface area contributed by atoms with Crippen molar-refractivity contribution in [3.8, 4) is 0 Å². The molecule has 1 saturated heterocycles. The zero-order valence-electron chi connectivity index (χ0n) is 13.0. The van der Waals surface area contributed by atoms with Crippen molar-refractivity contribution in [2.75, 3.05) is 0 Å². The van der Waals surface area contributed by atoms with Gasteiger partial charge in [-0.25, -0.2) is 0 Å². The average molecular weight is 280 g/mol. The Morgan fingerprint density at radius 1 is 1.20 bits per heavy atom. The highest BCUT2D eigenvalue weighted by atomic mass is 16.2. The van der Waals surface area contributed by atoms with Crippen LogP contribution in [0.25, 0.3) is 0 Å². The summed E-state index contributed by atoms with van der Waals surface area (Å²) in [5, 5.41) is 3.02. The van der Waals surface area contributed by atoms with Crippen LogP contribution in [0.5, 0.6) is 0 Å². The van der Waals surface area contributed by atoms with Gasteiger partial charge in [0, 0.05) is 6.04 Å². The maximum absolute atomic E-state index is 12.9. The Kier molecular flexibility index (Phi) is 5.06. The monoisotopic (exact) mass is 280 g/mol. The summed E-state index contributed by atoms with van der Waals surface area (Å²) in [5.74, 6) is 0.533. The number of carbonyl (C=O) groups excluding carboxylic acids is 2. The average Bonchev–Trinajstić information content (AvgIpc) is 2.48. The Hall–Kier alpha value is -1.06.